The molecule has 1 aromatic rings. The number of aliphatic imine (C=N–C) groups is 1. The first-order valence-corrected chi connectivity index (χ1v) is 9.93. The second kappa shape index (κ2) is 13.2. The summed E-state index contributed by atoms with van der Waals surface area (Å²) in [5, 5.41) is 6.32. The van der Waals surface area contributed by atoms with Gasteiger partial charge in [-0.15, -0.1) is 24.0 Å². The fourth-order valence-electron chi connectivity index (χ4n) is 1.90. The highest BCUT2D eigenvalue weighted by molar-refractivity contribution is 14.0. The molecule has 9 heteroatoms. The van der Waals surface area contributed by atoms with Crippen molar-refractivity contribution in [3.8, 4) is 5.75 Å². The van der Waals surface area contributed by atoms with E-state index in [1.165, 1.54) is 6.26 Å². The Morgan fingerprint density at radius 2 is 1.92 bits per heavy atom. The maximum atomic E-state index is 11.0. The highest BCUT2D eigenvalue weighted by Crippen LogP contribution is 2.17. The molecule has 0 amide bonds. The second-order valence-electron chi connectivity index (χ2n) is 5.14. The molecular formula is C16H28IN3O4S. The number of guanidine groups is 1. The van der Waals surface area contributed by atoms with E-state index in [9.17, 15) is 8.42 Å². The molecule has 2 N–H and O–H groups in total. The maximum absolute atomic E-state index is 11.0. The Hall–Kier alpha value is -1.07. The number of nitrogens with zero attached hydrogens (tertiary/aromatic N) is 1. The molecule has 0 atom stereocenters. The highest BCUT2D eigenvalue weighted by atomic mass is 127. The number of halogens is 1. The monoisotopic (exact) mass is 485 g/mol. The molecule has 144 valence electrons. The average molecular weight is 485 g/mol. The molecule has 0 spiro atoms. The summed E-state index contributed by atoms with van der Waals surface area (Å²) in [4.78, 5) is 4.14. The van der Waals surface area contributed by atoms with E-state index in [2.05, 4.69) is 15.6 Å². The molecule has 0 aliphatic carbocycles. The van der Waals surface area contributed by atoms with Crippen molar-refractivity contribution in [3.63, 3.8) is 0 Å². The lowest BCUT2D eigenvalue weighted by Gasteiger charge is -2.14. The van der Waals surface area contributed by atoms with Gasteiger partial charge in [-0.2, -0.15) is 0 Å². The Morgan fingerprint density at radius 1 is 1.20 bits per heavy atom. The first kappa shape index (κ1) is 23.9. The maximum Gasteiger partial charge on any atom is 0.191 e. The number of hydrogen-bond acceptors (Lipinski definition) is 5. The first-order valence-electron chi connectivity index (χ1n) is 7.87. The average Bonchev–Trinajstić information content (AvgIpc) is 2.54. The summed E-state index contributed by atoms with van der Waals surface area (Å²) >= 11 is 0. The summed E-state index contributed by atoms with van der Waals surface area (Å²) in [5.41, 5.74) is 1.05. The summed E-state index contributed by atoms with van der Waals surface area (Å²) in [5.74, 6) is 1.54. The van der Waals surface area contributed by atoms with Gasteiger partial charge in [0, 0.05) is 32.0 Å². The lowest BCUT2D eigenvalue weighted by atomic mass is 10.2. The molecular weight excluding hydrogens is 457 g/mol. The van der Waals surface area contributed by atoms with Gasteiger partial charge in [-0.25, -0.2) is 8.42 Å². The van der Waals surface area contributed by atoms with Crippen LogP contribution in [-0.2, 0) is 21.1 Å². The summed E-state index contributed by atoms with van der Waals surface area (Å²) in [7, 11) is -1.29. The van der Waals surface area contributed by atoms with Crippen LogP contribution in [0.1, 0.15) is 12.5 Å². The van der Waals surface area contributed by atoms with Crippen LogP contribution >= 0.6 is 24.0 Å². The van der Waals surface area contributed by atoms with Crippen LogP contribution in [0.25, 0.3) is 0 Å². The van der Waals surface area contributed by atoms with Crippen LogP contribution in [0.2, 0.25) is 0 Å². The van der Waals surface area contributed by atoms with Crippen LogP contribution in [0.15, 0.2) is 29.3 Å². The van der Waals surface area contributed by atoms with Crippen molar-refractivity contribution in [2.24, 2.45) is 4.99 Å². The van der Waals surface area contributed by atoms with E-state index < -0.39 is 9.84 Å². The topological polar surface area (TPSA) is 89.0 Å². The van der Waals surface area contributed by atoms with Crippen molar-refractivity contribution in [3.05, 3.63) is 29.8 Å². The standard InChI is InChI=1S/C16H27N3O4S.HI/c1-4-23-15-8-6-5-7-14(15)13-19-16(17-2)18-9-10-22-11-12-24(3,20)21;/h5-8H,4,9-13H2,1-3H3,(H2,17,18,19);1H. The fraction of sp³-hybridized carbons (Fsp3) is 0.562. The van der Waals surface area contributed by atoms with Crippen molar-refractivity contribution in [2.75, 3.05) is 45.4 Å². The normalized spacial score (nSPS) is 11.6. The van der Waals surface area contributed by atoms with Crippen LogP contribution < -0.4 is 15.4 Å². The second-order valence-corrected chi connectivity index (χ2v) is 7.40. The molecule has 0 fully saturated rings. The molecule has 0 unspecified atom stereocenters. The molecule has 7 nitrogen and oxygen atoms in total. The Morgan fingerprint density at radius 3 is 2.56 bits per heavy atom. The zero-order chi connectivity index (χ0) is 17.8. The van der Waals surface area contributed by atoms with Crippen LogP contribution in [0, 0.1) is 0 Å². The minimum Gasteiger partial charge on any atom is -0.494 e. The van der Waals surface area contributed by atoms with Crippen LogP contribution in [0.4, 0.5) is 0 Å². The predicted molar refractivity (Wildman–Crippen MR) is 112 cm³/mol. The third-order valence-corrected chi connectivity index (χ3v) is 3.99. The summed E-state index contributed by atoms with van der Waals surface area (Å²) in [6.07, 6.45) is 1.19. The molecule has 0 aliphatic rings. The number of nitrogens with one attached hydrogen (secondary N) is 2. The quantitative estimate of drug-likeness (QED) is 0.226. The number of rotatable bonds is 10. The van der Waals surface area contributed by atoms with Gasteiger partial charge in [0.15, 0.2) is 5.96 Å². The number of sulfone groups is 1. The van der Waals surface area contributed by atoms with Crippen LogP contribution in [0.5, 0.6) is 5.75 Å². The molecule has 0 aliphatic heterocycles. The SMILES string of the molecule is CCOc1ccccc1CNC(=NC)NCCOCCS(C)(=O)=O.I. The van der Waals surface area contributed by atoms with Crippen molar-refractivity contribution in [2.45, 2.75) is 13.5 Å². The van der Waals surface area contributed by atoms with Crippen LogP contribution in [-0.4, -0.2) is 59.8 Å². The predicted octanol–water partition coefficient (Wildman–Crippen LogP) is 1.43. The Kier molecular flexibility index (Phi) is 12.6. The number of benzene rings is 1. The van der Waals surface area contributed by atoms with Crippen LogP contribution in [0.3, 0.4) is 0 Å². The van der Waals surface area contributed by atoms with Crippen molar-refractivity contribution >= 4 is 39.8 Å². The minimum atomic E-state index is -2.97. The highest BCUT2D eigenvalue weighted by Gasteiger charge is 2.04. The van der Waals surface area contributed by atoms with E-state index in [4.69, 9.17) is 9.47 Å². The third-order valence-electron chi connectivity index (χ3n) is 3.08. The summed E-state index contributed by atoms with van der Waals surface area (Å²) < 4.78 is 32.8. The zero-order valence-electron chi connectivity index (χ0n) is 14.9. The van der Waals surface area contributed by atoms with Gasteiger partial charge >= 0.3 is 0 Å². The third kappa shape index (κ3) is 11.2. The molecule has 0 radical (unpaired) electrons. The van der Waals surface area contributed by atoms with Gasteiger partial charge in [0.1, 0.15) is 15.6 Å². The van der Waals surface area contributed by atoms with Gasteiger partial charge in [-0.3, -0.25) is 4.99 Å². The minimum absolute atomic E-state index is 0. The van der Waals surface area contributed by atoms with Gasteiger partial charge in [0.25, 0.3) is 0 Å². The van der Waals surface area contributed by atoms with Gasteiger partial charge in [0.2, 0.25) is 0 Å². The fourth-order valence-corrected chi connectivity index (χ4v) is 2.32. The van der Waals surface area contributed by atoms with E-state index in [0.29, 0.717) is 32.3 Å². The molecule has 0 saturated heterocycles. The molecule has 0 saturated carbocycles. The van der Waals surface area contributed by atoms with Gasteiger partial charge in [-0.05, 0) is 13.0 Å². The number of ether oxygens (including phenoxy) is 2. The molecule has 0 bridgehead atoms. The Balaban J connectivity index is 0.00000576. The molecule has 1 rings (SSSR count). The molecule has 0 heterocycles. The number of para-hydroxylation sites is 1. The lowest BCUT2D eigenvalue weighted by Crippen LogP contribution is -2.38. The van der Waals surface area contributed by atoms with E-state index in [-0.39, 0.29) is 36.3 Å². The van der Waals surface area contributed by atoms with E-state index in [0.717, 1.165) is 11.3 Å². The van der Waals surface area contributed by atoms with Gasteiger partial charge in [0.05, 0.1) is 25.6 Å². The summed E-state index contributed by atoms with van der Waals surface area (Å²) in [6, 6.07) is 7.84. The Bertz CT molecular complexity index is 624. The molecule has 0 aromatic heterocycles. The smallest absolute Gasteiger partial charge is 0.191 e. The summed E-state index contributed by atoms with van der Waals surface area (Å²) in [6.45, 7) is 4.31. The first-order chi connectivity index (χ1) is 11.5. The van der Waals surface area contributed by atoms with Gasteiger partial charge in [-0.1, -0.05) is 18.2 Å². The molecule has 25 heavy (non-hydrogen) atoms. The van der Waals surface area contributed by atoms with Crippen molar-refractivity contribution < 1.29 is 17.9 Å². The molecule has 1 aromatic carbocycles. The Labute approximate surface area is 167 Å². The van der Waals surface area contributed by atoms with E-state index in [1.54, 1.807) is 7.05 Å². The van der Waals surface area contributed by atoms with Crippen molar-refractivity contribution in [1.29, 1.82) is 0 Å². The largest absolute Gasteiger partial charge is 0.494 e. The lowest BCUT2D eigenvalue weighted by molar-refractivity contribution is 0.154. The van der Waals surface area contributed by atoms with Crippen molar-refractivity contribution in [1.82, 2.24) is 10.6 Å². The van der Waals surface area contributed by atoms with E-state index in [1.807, 2.05) is 31.2 Å². The van der Waals surface area contributed by atoms with Gasteiger partial charge < -0.3 is 20.1 Å². The van der Waals surface area contributed by atoms with E-state index >= 15 is 0 Å². The number of hydrogen-bond donors (Lipinski definition) is 2. The zero-order valence-corrected chi connectivity index (χ0v) is 18.1.